The molecular formula is C19H21N3O2. The van der Waals surface area contributed by atoms with Crippen LogP contribution in [0.25, 0.3) is 0 Å². The molecule has 0 atom stereocenters. The van der Waals surface area contributed by atoms with Crippen molar-refractivity contribution < 1.29 is 9.59 Å². The second-order valence-corrected chi connectivity index (χ2v) is 5.97. The number of nitrogens with zero attached hydrogens (tertiary/aromatic N) is 2. The lowest BCUT2D eigenvalue weighted by Gasteiger charge is -2.26. The molecule has 1 aromatic carbocycles. The van der Waals surface area contributed by atoms with Gasteiger partial charge in [-0.1, -0.05) is 6.07 Å². The minimum Gasteiger partial charge on any atom is -0.348 e. The van der Waals surface area contributed by atoms with E-state index in [1.165, 1.54) is 6.42 Å². The Morgan fingerprint density at radius 2 is 1.71 bits per heavy atom. The quantitative estimate of drug-likeness (QED) is 0.941. The number of hydrogen-bond acceptors (Lipinski definition) is 3. The molecule has 5 nitrogen and oxygen atoms in total. The highest BCUT2D eigenvalue weighted by Crippen LogP contribution is 2.14. The number of aromatic nitrogens is 1. The van der Waals surface area contributed by atoms with E-state index < -0.39 is 0 Å². The number of nitrogens with one attached hydrogen (secondary N) is 1. The third-order valence-electron chi connectivity index (χ3n) is 4.22. The van der Waals surface area contributed by atoms with E-state index >= 15 is 0 Å². The Morgan fingerprint density at radius 1 is 1.00 bits per heavy atom. The zero-order valence-electron chi connectivity index (χ0n) is 13.6. The molecule has 124 valence electrons. The van der Waals surface area contributed by atoms with E-state index in [1.807, 2.05) is 17.0 Å². The van der Waals surface area contributed by atoms with Crippen LogP contribution < -0.4 is 5.32 Å². The highest BCUT2D eigenvalue weighted by Gasteiger charge is 2.19. The summed E-state index contributed by atoms with van der Waals surface area (Å²) in [6, 6.07) is 10.7. The van der Waals surface area contributed by atoms with Crippen LogP contribution in [0.2, 0.25) is 0 Å². The first-order valence-corrected chi connectivity index (χ1v) is 8.30. The minimum absolute atomic E-state index is 0.0125. The molecule has 0 saturated carbocycles. The summed E-state index contributed by atoms with van der Waals surface area (Å²) < 4.78 is 0. The average molecular weight is 323 g/mol. The lowest BCUT2D eigenvalue weighted by Crippen LogP contribution is -2.35. The molecule has 1 aliphatic heterocycles. The van der Waals surface area contributed by atoms with E-state index in [-0.39, 0.29) is 11.8 Å². The summed E-state index contributed by atoms with van der Waals surface area (Å²) in [7, 11) is 0. The smallest absolute Gasteiger partial charge is 0.253 e. The second kappa shape index (κ2) is 7.73. The summed E-state index contributed by atoms with van der Waals surface area (Å²) in [5.41, 5.74) is 2.07. The third-order valence-corrected chi connectivity index (χ3v) is 4.22. The summed E-state index contributed by atoms with van der Waals surface area (Å²) in [5.74, 6) is -0.168. The van der Waals surface area contributed by atoms with Crippen molar-refractivity contribution in [2.45, 2.75) is 25.8 Å². The van der Waals surface area contributed by atoms with E-state index in [9.17, 15) is 9.59 Å². The van der Waals surface area contributed by atoms with Crippen molar-refractivity contribution >= 4 is 11.8 Å². The van der Waals surface area contributed by atoms with Gasteiger partial charge in [0.2, 0.25) is 0 Å². The highest BCUT2D eigenvalue weighted by atomic mass is 16.2. The lowest BCUT2D eigenvalue weighted by molar-refractivity contribution is 0.0724. The maximum atomic E-state index is 12.5. The molecule has 3 rings (SSSR count). The fourth-order valence-electron chi connectivity index (χ4n) is 2.86. The summed E-state index contributed by atoms with van der Waals surface area (Å²) in [6.07, 6.45) is 6.68. The number of benzene rings is 1. The van der Waals surface area contributed by atoms with Gasteiger partial charge in [0.1, 0.15) is 0 Å². The van der Waals surface area contributed by atoms with Gasteiger partial charge in [-0.25, -0.2) is 0 Å². The molecule has 24 heavy (non-hydrogen) atoms. The molecule has 0 radical (unpaired) electrons. The van der Waals surface area contributed by atoms with Crippen molar-refractivity contribution in [2.24, 2.45) is 0 Å². The van der Waals surface area contributed by atoms with E-state index in [0.29, 0.717) is 17.7 Å². The second-order valence-electron chi connectivity index (χ2n) is 5.97. The number of rotatable bonds is 4. The van der Waals surface area contributed by atoms with E-state index in [2.05, 4.69) is 10.3 Å². The van der Waals surface area contributed by atoms with Gasteiger partial charge in [0.05, 0.1) is 0 Å². The van der Waals surface area contributed by atoms with Crippen LogP contribution in [0.5, 0.6) is 0 Å². The van der Waals surface area contributed by atoms with Crippen LogP contribution >= 0.6 is 0 Å². The Morgan fingerprint density at radius 3 is 2.46 bits per heavy atom. The molecule has 1 saturated heterocycles. The Kier molecular flexibility index (Phi) is 5.21. The van der Waals surface area contributed by atoms with Crippen molar-refractivity contribution in [1.82, 2.24) is 15.2 Å². The number of piperidine rings is 1. The first kappa shape index (κ1) is 16.2. The number of carbonyl (C=O) groups is 2. The molecule has 2 heterocycles. The minimum atomic E-state index is -0.180. The largest absolute Gasteiger partial charge is 0.348 e. The monoisotopic (exact) mass is 323 g/mol. The highest BCUT2D eigenvalue weighted by molar-refractivity contribution is 5.99. The molecule has 1 fully saturated rings. The van der Waals surface area contributed by atoms with Gasteiger partial charge in [0, 0.05) is 43.2 Å². The molecule has 1 aromatic heterocycles. The van der Waals surface area contributed by atoms with Gasteiger partial charge in [0.15, 0.2) is 0 Å². The summed E-state index contributed by atoms with van der Waals surface area (Å²) >= 11 is 0. The maximum Gasteiger partial charge on any atom is 0.253 e. The van der Waals surface area contributed by atoms with Crippen molar-refractivity contribution in [3.8, 4) is 0 Å². The SMILES string of the molecule is O=C(NCc1ccncc1)c1cccc(C(=O)N2CCCCC2)c1. The third kappa shape index (κ3) is 3.98. The predicted octanol–water partition coefficient (Wildman–Crippen LogP) is 2.64. The number of likely N-dealkylation sites (tertiary alicyclic amines) is 1. The van der Waals surface area contributed by atoms with Crippen molar-refractivity contribution in [3.05, 3.63) is 65.5 Å². The molecule has 0 spiro atoms. The summed E-state index contributed by atoms with van der Waals surface area (Å²) in [6.45, 7) is 2.04. The van der Waals surface area contributed by atoms with E-state index in [0.717, 1.165) is 31.5 Å². The fraction of sp³-hybridized carbons (Fsp3) is 0.316. The Labute approximate surface area is 141 Å². The Hall–Kier alpha value is -2.69. The van der Waals surface area contributed by atoms with Gasteiger partial charge < -0.3 is 10.2 Å². The fourth-order valence-corrected chi connectivity index (χ4v) is 2.86. The first-order valence-electron chi connectivity index (χ1n) is 8.30. The first-order chi connectivity index (χ1) is 11.7. The molecule has 1 N–H and O–H groups in total. The summed E-state index contributed by atoms with van der Waals surface area (Å²) in [5, 5.41) is 2.87. The van der Waals surface area contributed by atoms with Gasteiger partial charge >= 0.3 is 0 Å². The van der Waals surface area contributed by atoms with E-state index in [4.69, 9.17) is 0 Å². The van der Waals surface area contributed by atoms with Crippen LogP contribution in [-0.4, -0.2) is 34.8 Å². The standard InChI is InChI=1S/C19H21N3O2/c23-18(21-14-15-7-9-20-10-8-15)16-5-4-6-17(13-16)19(24)22-11-2-1-3-12-22/h4-10,13H,1-3,11-12,14H2,(H,21,23). The van der Waals surface area contributed by atoms with E-state index in [1.54, 1.807) is 36.7 Å². The Bertz CT molecular complexity index is 710. The molecule has 0 aliphatic carbocycles. The van der Waals surface area contributed by atoms with Crippen LogP contribution in [0.15, 0.2) is 48.8 Å². The van der Waals surface area contributed by atoms with Gasteiger partial charge in [0.25, 0.3) is 11.8 Å². The van der Waals surface area contributed by atoms with Gasteiger partial charge in [-0.15, -0.1) is 0 Å². The average Bonchev–Trinajstić information content (AvgIpc) is 2.67. The van der Waals surface area contributed by atoms with Crippen molar-refractivity contribution in [3.63, 3.8) is 0 Å². The van der Waals surface area contributed by atoms with Gasteiger partial charge in [-0.3, -0.25) is 14.6 Å². The number of hydrogen-bond donors (Lipinski definition) is 1. The van der Waals surface area contributed by atoms with Gasteiger partial charge in [-0.05, 0) is 55.2 Å². The Balaban J connectivity index is 1.65. The van der Waals surface area contributed by atoms with Crippen LogP contribution in [-0.2, 0) is 6.54 Å². The molecule has 0 unspecified atom stereocenters. The number of pyridine rings is 1. The number of carbonyl (C=O) groups excluding carboxylic acids is 2. The van der Waals surface area contributed by atoms with Gasteiger partial charge in [-0.2, -0.15) is 0 Å². The summed E-state index contributed by atoms with van der Waals surface area (Å²) in [4.78, 5) is 30.7. The van der Waals surface area contributed by atoms with Crippen LogP contribution in [0.1, 0.15) is 45.5 Å². The van der Waals surface area contributed by atoms with Crippen molar-refractivity contribution in [2.75, 3.05) is 13.1 Å². The number of amides is 2. The molecule has 0 bridgehead atoms. The maximum absolute atomic E-state index is 12.5. The van der Waals surface area contributed by atoms with Crippen LogP contribution in [0, 0.1) is 0 Å². The predicted molar refractivity (Wildman–Crippen MR) is 91.6 cm³/mol. The molecular weight excluding hydrogens is 302 g/mol. The normalized spacial score (nSPS) is 14.2. The van der Waals surface area contributed by atoms with Crippen molar-refractivity contribution in [1.29, 1.82) is 0 Å². The van der Waals surface area contributed by atoms with Crippen LogP contribution in [0.3, 0.4) is 0 Å². The lowest BCUT2D eigenvalue weighted by atomic mass is 10.1. The topological polar surface area (TPSA) is 62.3 Å². The van der Waals surface area contributed by atoms with Crippen LogP contribution in [0.4, 0.5) is 0 Å². The molecule has 1 aliphatic rings. The molecule has 2 aromatic rings. The zero-order valence-corrected chi connectivity index (χ0v) is 13.6. The molecule has 5 heteroatoms. The molecule has 2 amide bonds. The zero-order chi connectivity index (χ0) is 16.8.